The van der Waals surface area contributed by atoms with Crippen LogP contribution in [0.1, 0.15) is 42.9 Å². The number of fused-ring (bicyclic) bond motifs is 3. The summed E-state index contributed by atoms with van der Waals surface area (Å²) in [6, 6.07) is 13.2. The Morgan fingerprint density at radius 1 is 1.17 bits per heavy atom. The van der Waals surface area contributed by atoms with Gasteiger partial charge in [-0.1, -0.05) is 24.3 Å². The van der Waals surface area contributed by atoms with Crippen molar-refractivity contribution in [1.29, 1.82) is 0 Å². The number of hydrogen-bond donors (Lipinski definition) is 2. The van der Waals surface area contributed by atoms with Crippen LogP contribution in [0.2, 0.25) is 0 Å². The fourth-order valence-corrected chi connectivity index (χ4v) is 4.97. The van der Waals surface area contributed by atoms with Gasteiger partial charge >= 0.3 is 6.03 Å². The van der Waals surface area contributed by atoms with Gasteiger partial charge in [-0.25, -0.2) is 9.78 Å². The van der Waals surface area contributed by atoms with Gasteiger partial charge in [-0.3, -0.25) is 4.90 Å². The molecule has 1 aromatic heterocycles. The molecule has 0 aliphatic carbocycles. The van der Waals surface area contributed by atoms with Crippen LogP contribution in [0.3, 0.4) is 0 Å². The third-order valence-corrected chi connectivity index (χ3v) is 6.33. The zero-order valence-corrected chi connectivity index (χ0v) is 16.3. The number of hydrogen-bond acceptors (Lipinski definition) is 5. The zero-order valence-electron chi connectivity index (χ0n) is 16.3. The molecular formula is C22H26N4O3. The minimum absolute atomic E-state index is 0.141. The van der Waals surface area contributed by atoms with Gasteiger partial charge in [0, 0.05) is 30.9 Å². The lowest BCUT2D eigenvalue weighted by Gasteiger charge is -2.39. The molecule has 2 fully saturated rings. The van der Waals surface area contributed by atoms with Crippen molar-refractivity contribution in [2.45, 2.75) is 56.5 Å². The first kappa shape index (κ1) is 18.2. The Morgan fingerprint density at radius 3 is 2.66 bits per heavy atom. The van der Waals surface area contributed by atoms with Gasteiger partial charge in [-0.2, -0.15) is 0 Å². The topological polar surface area (TPSA) is 89.7 Å². The van der Waals surface area contributed by atoms with Gasteiger partial charge in [0.15, 0.2) is 11.9 Å². The second kappa shape index (κ2) is 7.55. The molecule has 2 amide bonds. The highest BCUT2D eigenvalue weighted by Crippen LogP contribution is 2.37. The van der Waals surface area contributed by atoms with Crippen molar-refractivity contribution in [2.75, 3.05) is 6.61 Å². The van der Waals surface area contributed by atoms with Gasteiger partial charge in [0.25, 0.3) is 5.88 Å². The van der Waals surface area contributed by atoms with E-state index in [1.165, 1.54) is 18.4 Å². The summed E-state index contributed by atoms with van der Waals surface area (Å²) >= 11 is 0. The zero-order chi connectivity index (χ0) is 19.8. The van der Waals surface area contributed by atoms with Crippen molar-refractivity contribution in [3.63, 3.8) is 0 Å². The molecule has 4 atom stereocenters. The number of nitrogens with zero attached hydrogens (tertiary/aromatic N) is 2. The first-order valence-corrected chi connectivity index (χ1v) is 10.3. The summed E-state index contributed by atoms with van der Waals surface area (Å²) in [4.78, 5) is 18.0. The number of rotatable bonds is 4. The van der Waals surface area contributed by atoms with E-state index in [-0.39, 0.29) is 12.1 Å². The lowest BCUT2D eigenvalue weighted by atomic mass is 9.96. The van der Waals surface area contributed by atoms with Crippen LogP contribution in [-0.2, 0) is 6.54 Å². The highest BCUT2D eigenvalue weighted by Gasteiger charge is 2.40. The maximum absolute atomic E-state index is 11.2. The fraction of sp³-hybridized carbons (Fsp3) is 0.455. The number of carbonyl (C=O) groups is 1. The summed E-state index contributed by atoms with van der Waals surface area (Å²) in [5.74, 6) is 1.25. The number of piperidine rings is 1. The van der Waals surface area contributed by atoms with E-state index in [2.05, 4.69) is 39.5 Å². The maximum Gasteiger partial charge on any atom is 0.312 e. The lowest BCUT2D eigenvalue weighted by Crippen LogP contribution is -2.51. The summed E-state index contributed by atoms with van der Waals surface area (Å²) in [5.41, 5.74) is 7.70. The van der Waals surface area contributed by atoms with E-state index in [4.69, 9.17) is 15.2 Å². The summed E-state index contributed by atoms with van der Waals surface area (Å²) in [6.07, 6.45) is 5.93. The predicted molar refractivity (Wildman–Crippen MR) is 108 cm³/mol. The summed E-state index contributed by atoms with van der Waals surface area (Å²) in [5, 5.41) is 2.90. The second-order valence-corrected chi connectivity index (χ2v) is 8.20. The van der Waals surface area contributed by atoms with Crippen LogP contribution >= 0.6 is 0 Å². The molecule has 5 rings (SSSR count). The number of nitrogens with two attached hydrogens (primary N) is 1. The minimum Gasteiger partial charge on any atom is -0.484 e. The van der Waals surface area contributed by atoms with E-state index in [1.54, 1.807) is 6.20 Å². The maximum atomic E-state index is 11.2. The largest absolute Gasteiger partial charge is 0.484 e. The van der Waals surface area contributed by atoms with Crippen LogP contribution in [0, 0.1) is 0 Å². The molecule has 2 unspecified atom stereocenters. The normalized spacial score (nSPS) is 28.1. The third-order valence-electron chi connectivity index (χ3n) is 6.33. The van der Waals surface area contributed by atoms with E-state index in [1.807, 2.05) is 12.1 Å². The van der Waals surface area contributed by atoms with Crippen molar-refractivity contribution < 1.29 is 14.3 Å². The van der Waals surface area contributed by atoms with E-state index < -0.39 is 6.03 Å². The molecule has 3 N–H and O–H groups in total. The van der Waals surface area contributed by atoms with E-state index in [9.17, 15) is 4.79 Å². The van der Waals surface area contributed by atoms with Gasteiger partial charge in [-0.15, -0.1) is 0 Å². The molecule has 2 bridgehead atoms. The molecule has 152 valence electrons. The van der Waals surface area contributed by atoms with Crippen LogP contribution in [-0.4, -0.2) is 40.6 Å². The van der Waals surface area contributed by atoms with Crippen LogP contribution < -0.4 is 20.5 Å². The molecule has 29 heavy (non-hydrogen) atoms. The monoisotopic (exact) mass is 394 g/mol. The Bertz CT molecular complexity index is 874. The number of amides is 2. The Hall–Kier alpha value is -2.80. The molecule has 7 heteroatoms. The molecule has 0 saturated carbocycles. The summed E-state index contributed by atoms with van der Waals surface area (Å²) in [7, 11) is 0. The smallest absolute Gasteiger partial charge is 0.312 e. The Morgan fingerprint density at radius 2 is 1.93 bits per heavy atom. The SMILES string of the molecule is NC(=O)NC1CC2CC[C@H](C1)N2Cc1ccc([C@H]2COc3cccnc3O2)cc1. The molecule has 3 aliphatic rings. The molecule has 0 radical (unpaired) electrons. The standard InChI is InChI=1S/C22H26N4O3/c23-22(27)25-16-10-17-7-8-18(11-16)26(17)12-14-3-5-15(6-4-14)20-13-28-19-2-1-9-24-21(19)29-20/h1-6,9,16-18,20H,7-8,10-13H2,(H3,23,25,27)/t16?,17-,18?,20-/m1/s1. The highest BCUT2D eigenvalue weighted by molar-refractivity contribution is 5.72. The average molecular weight is 394 g/mol. The van der Waals surface area contributed by atoms with Crippen molar-refractivity contribution in [2.24, 2.45) is 5.73 Å². The van der Waals surface area contributed by atoms with Crippen molar-refractivity contribution in [3.8, 4) is 11.6 Å². The van der Waals surface area contributed by atoms with E-state index in [0.717, 1.165) is 24.9 Å². The molecule has 1 aromatic carbocycles. The van der Waals surface area contributed by atoms with Gasteiger partial charge < -0.3 is 20.5 Å². The fourth-order valence-electron chi connectivity index (χ4n) is 4.97. The Labute approximate surface area is 170 Å². The van der Waals surface area contributed by atoms with Crippen molar-refractivity contribution in [3.05, 3.63) is 53.7 Å². The molecule has 4 heterocycles. The molecule has 3 aliphatic heterocycles. The molecule has 2 aromatic rings. The average Bonchev–Trinajstić information content (AvgIpc) is 2.95. The van der Waals surface area contributed by atoms with Gasteiger partial charge in [-0.05, 0) is 48.9 Å². The number of pyridine rings is 1. The number of aromatic nitrogens is 1. The summed E-state index contributed by atoms with van der Waals surface area (Å²) in [6.45, 7) is 1.42. The van der Waals surface area contributed by atoms with E-state index in [0.29, 0.717) is 30.3 Å². The predicted octanol–water partition coefficient (Wildman–Crippen LogP) is 2.76. The molecular weight excluding hydrogens is 368 g/mol. The van der Waals surface area contributed by atoms with Crippen molar-refractivity contribution >= 4 is 6.03 Å². The molecule has 2 saturated heterocycles. The third kappa shape index (κ3) is 3.74. The Kier molecular flexibility index (Phi) is 4.75. The van der Waals surface area contributed by atoms with E-state index >= 15 is 0 Å². The molecule has 7 nitrogen and oxygen atoms in total. The number of nitrogens with one attached hydrogen (secondary N) is 1. The number of ether oxygens (including phenoxy) is 2. The minimum atomic E-state index is -0.412. The van der Waals surface area contributed by atoms with Crippen LogP contribution in [0.25, 0.3) is 0 Å². The van der Waals surface area contributed by atoms with Crippen LogP contribution in [0.15, 0.2) is 42.6 Å². The quantitative estimate of drug-likeness (QED) is 0.832. The number of carbonyl (C=O) groups excluding carboxylic acids is 1. The van der Waals surface area contributed by atoms with Crippen molar-refractivity contribution in [1.82, 2.24) is 15.2 Å². The van der Waals surface area contributed by atoms with Crippen LogP contribution in [0.4, 0.5) is 4.79 Å². The van der Waals surface area contributed by atoms with Gasteiger partial charge in [0.1, 0.15) is 6.61 Å². The van der Waals surface area contributed by atoms with Gasteiger partial charge in [0.2, 0.25) is 0 Å². The Balaban J connectivity index is 1.22. The highest BCUT2D eigenvalue weighted by atomic mass is 16.6. The first-order chi connectivity index (χ1) is 14.2. The first-order valence-electron chi connectivity index (χ1n) is 10.3. The number of primary amides is 1. The lowest BCUT2D eigenvalue weighted by molar-refractivity contribution is 0.0850. The number of urea groups is 1. The van der Waals surface area contributed by atoms with Gasteiger partial charge in [0.05, 0.1) is 0 Å². The number of benzene rings is 1. The second-order valence-electron chi connectivity index (χ2n) is 8.20. The molecule has 0 spiro atoms. The van der Waals surface area contributed by atoms with Crippen LogP contribution in [0.5, 0.6) is 11.6 Å². The summed E-state index contributed by atoms with van der Waals surface area (Å²) < 4.78 is 11.8.